The van der Waals surface area contributed by atoms with Gasteiger partial charge in [-0.05, 0) is 6.92 Å². The summed E-state index contributed by atoms with van der Waals surface area (Å²) in [6.45, 7) is 1.74. The number of carboxylic acid groups (broad SMARTS) is 2. The first kappa shape index (κ1) is 11.9. The summed E-state index contributed by atoms with van der Waals surface area (Å²) in [6, 6.07) is 0. The molecule has 0 saturated heterocycles. The van der Waals surface area contributed by atoms with Crippen LogP contribution in [0.1, 0.15) is 11.4 Å². The Balaban J connectivity index is 2.66. The Labute approximate surface area is 93.3 Å². The molecule has 0 aliphatic rings. The lowest BCUT2D eigenvalue weighted by Gasteiger charge is -2.05. The Bertz CT molecular complexity index is 379. The molecular formula is C7H8N2O4S2. The lowest BCUT2D eigenvalue weighted by Crippen LogP contribution is -2.20. The van der Waals surface area contributed by atoms with Crippen molar-refractivity contribution in [1.82, 2.24) is 10.2 Å². The SMILES string of the molecule is Cc1nnc(SC(CC(=O)O)C(=O)O)s1. The molecule has 0 fully saturated rings. The number of aromatic nitrogens is 2. The average Bonchev–Trinajstić information content (AvgIpc) is 2.49. The van der Waals surface area contributed by atoms with Gasteiger partial charge in [0.2, 0.25) is 0 Å². The summed E-state index contributed by atoms with van der Waals surface area (Å²) in [5.74, 6) is -2.30. The molecule has 0 aliphatic carbocycles. The van der Waals surface area contributed by atoms with Crippen LogP contribution in [-0.2, 0) is 9.59 Å². The van der Waals surface area contributed by atoms with E-state index in [0.29, 0.717) is 4.34 Å². The molecule has 15 heavy (non-hydrogen) atoms. The van der Waals surface area contributed by atoms with Crippen molar-refractivity contribution in [3.05, 3.63) is 5.01 Å². The summed E-state index contributed by atoms with van der Waals surface area (Å²) >= 11 is 2.16. The maximum absolute atomic E-state index is 10.7. The summed E-state index contributed by atoms with van der Waals surface area (Å²) in [4.78, 5) is 21.1. The first-order valence-electron chi connectivity index (χ1n) is 3.90. The molecule has 2 N–H and O–H groups in total. The van der Waals surface area contributed by atoms with E-state index < -0.39 is 23.6 Å². The van der Waals surface area contributed by atoms with Crippen LogP contribution in [0.5, 0.6) is 0 Å². The van der Waals surface area contributed by atoms with Gasteiger partial charge >= 0.3 is 11.9 Å². The number of carboxylic acids is 2. The topological polar surface area (TPSA) is 100 Å². The van der Waals surface area contributed by atoms with Crippen LogP contribution in [0.25, 0.3) is 0 Å². The maximum atomic E-state index is 10.7. The van der Waals surface area contributed by atoms with Crippen molar-refractivity contribution in [2.45, 2.75) is 22.9 Å². The lowest BCUT2D eigenvalue weighted by molar-refractivity contribution is -0.142. The van der Waals surface area contributed by atoms with Gasteiger partial charge in [0.15, 0.2) is 4.34 Å². The standard InChI is InChI=1S/C7H8N2O4S2/c1-3-8-9-7(14-3)15-4(6(12)13)2-5(10)11/h4H,2H2,1H3,(H,10,11)(H,12,13). The summed E-state index contributed by atoms with van der Waals surface area (Å²) < 4.78 is 0.473. The molecule has 1 rings (SSSR count). The van der Waals surface area contributed by atoms with Gasteiger partial charge in [0.1, 0.15) is 10.3 Å². The second-order valence-corrected chi connectivity index (χ2v) is 5.26. The fourth-order valence-corrected chi connectivity index (χ4v) is 2.76. The highest BCUT2D eigenvalue weighted by molar-refractivity contribution is 8.02. The third kappa shape index (κ3) is 3.84. The van der Waals surface area contributed by atoms with Crippen molar-refractivity contribution >= 4 is 35.0 Å². The van der Waals surface area contributed by atoms with E-state index in [2.05, 4.69) is 10.2 Å². The Hall–Kier alpha value is -1.15. The number of carbonyl (C=O) groups is 2. The van der Waals surface area contributed by atoms with Crippen LogP contribution in [0.2, 0.25) is 0 Å². The Morgan fingerprint density at radius 2 is 2.13 bits per heavy atom. The second kappa shape index (κ2) is 5.08. The largest absolute Gasteiger partial charge is 0.481 e. The van der Waals surface area contributed by atoms with Crippen LogP contribution in [0.3, 0.4) is 0 Å². The number of aryl methyl sites for hydroxylation is 1. The maximum Gasteiger partial charge on any atom is 0.317 e. The van der Waals surface area contributed by atoms with Crippen LogP contribution in [0.15, 0.2) is 4.34 Å². The number of hydrogen-bond acceptors (Lipinski definition) is 6. The highest BCUT2D eigenvalue weighted by Gasteiger charge is 2.23. The smallest absolute Gasteiger partial charge is 0.317 e. The first-order valence-corrected chi connectivity index (χ1v) is 5.60. The summed E-state index contributed by atoms with van der Waals surface area (Å²) in [7, 11) is 0. The van der Waals surface area contributed by atoms with Crippen LogP contribution < -0.4 is 0 Å². The van der Waals surface area contributed by atoms with E-state index in [1.54, 1.807) is 6.92 Å². The average molecular weight is 248 g/mol. The van der Waals surface area contributed by atoms with Crippen molar-refractivity contribution in [3.8, 4) is 0 Å². The van der Waals surface area contributed by atoms with Gasteiger partial charge in [-0.25, -0.2) is 0 Å². The molecule has 0 aromatic carbocycles. The van der Waals surface area contributed by atoms with Gasteiger partial charge in [0, 0.05) is 0 Å². The van der Waals surface area contributed by atoms with Crippen molar-refractivity contribution in [1.29, 1.82) is 0 Å². The second-order valence-electron chi connectivity index (χ2n) is 2.63. The third-order valence-corrected chi connectivity index (χ3v) is 3.49. The number of aliphatic carboxylic acids is 2. The van der Waals surface area contributed by atoms with Gasteiger partial charge in [-0.2, -0.15) is 0 Å². The lowest BCUT2D eigenvalue weighted by atomic mass is 10.3. The molecule has 6 nitrogen and oxygen atoms in total. The van der Waals surface area contributed by atoms with Crippen LogP contribution in [0, 0.1) is 6.92 Å². The minimum Gasteiger partial charge on any atom is -0.481 e. The normalized spacial score (nSPS) is 12.3. The molecule has 0 radical (unpaired) electrons. The summed E-state index contributed by atoms with van der Waals surface area (Å²) in [5, 5.41) is 24.4. The molecule has 1 atom stereocenters. The van der Waals surface area contributed by atoms with Crippen molar-refractivity contribution < 1.29 is 19.8 Å². The Morgan fingerprint density at radius 1 is 1.47 bits per heavy atom. The Kier molecular flexibility index (Phi) is 4.04. The predicted molar refractivity (Wildman–Crippen MR) is 54.2 cm³/mol. The minimum absolute atomic E-state index is 0.432. The number of hydrogen-bond donors (Lipinski definition) is 2. The van der Waals surface area contributed by atoms with Gasteiger partial charge in [0.05, 0.1) is 6.42 Å². The molecular weight excluding hydrogens is 240 g/mol. The van der Waals surface area contributed by atoms with Crippen LogP contribution in [-0.4, -0.2) is 37.6 Å². The quantitative estimate of drug-likeness (QED) is 0.745. The van der Waals surface area contributed by atoms with Gasteiger partial charge in [0.25, 0.3) is 0 Å². The number of nitrogens with zero attached hydrogens (tertiary/aromatic N) is 2. The van der Waals surface area contributed by atoms with Crippen molar-refractivity contribution in [2.24, 2.45) is 0 Å². The van der Waals surface area contributed by atoms with E-state index in [4.69, 9.17) is 10.2 Å². The fraction of sp³-hybridized carbons (Fsp3) is 0.429. The molecule has 0 bridgehead atoms. The van der Waals surface area contributed by atoms with E-state index in [9.17, 15) is 9.59 Å². The molecule has 1 unspecified atom stereocenters. The summed E-state index contributed by atoms with van der Waals surface area (Å²) in [6.07, 6.45) is -0.432. The highest BCUT2D eigenvalue weighted by Crippen LogP contribution is 2.28. The number of rotatable bonds is 5. The van der Waals surface area contributed by atoms with Gasteiger partial charge in [-0.3, -0.25) is 9.59 Å². The van der Waals surface area contributed by atoms with E-state index in [0.717, 1.165) is 16.8 Å². The number of thioether (sulfide) groups is 1. The third-order valence-electron chi connectivity index (χ3n) is 1.39. The Morgan fingerprint density at radius 3 is 2.53 bits per heavy atom. The zero-order valence-corrected chi connectivity index (χ0v) is 9.34. The first-order chi connectivity index (χ1) is 6.99. The molecule has 0 saturated carbocycles. The fourth-order valence-electron chi connectivity index (χ4n) is 0.786. The molecule has 0 spiro atoms. The zero-order chi connectivity index (χ0) is 11.4. The van der Waals surface area contributed by atoms with E-state index in [1.165, 1.54) is 11.3 Å². The van der Waals surface area contributed by atoms with Crippen molar-refractivity contribution in [2.75, 3.05) is 0 Å². The molecule has 82 valence electrons. The van der Waals surface area contributed by atoms with E-state index >= 15 is 0 Å². The molecule has 0 aliphatic heterocycles. The van der Waals surface area contributed by atoms with Crippen molar-refractivity contribution in [3.63, 3.8) is 0 Å². The van der Waals surface area contributed by atoms with Crippen LogP contribution >= 0.6 is 23.1 Å². The predicted octanol–water partition coefficient (Wildman–Crippen LogP) is 0.867. The van der Waals surface area contributed by atoms with Gasteiger partial charge < -0.3 is 10.2 Å². The minimum atomic E-state index is -1.16. The molecule has 8 heteroatoms. The van der Waals surface area contributed by atoms with Gasteiger partial charge in [-0.15, -0.1) is 10.2 Å². The zero-order valence-electron chi connectivity index (χ0n) is 7.71. The van der Waals surface area contributed by atoms with Gasteiger partial charge in [-0.1, -0.05) is 23.1 Å². The van der Waals surface area contributed by atoms with Crippen LogP contribution in [0.4, 0.5) is 0 Å². The van der Waals surface area contributed by atoms with E-state index in [1.807, 2.05) is 0 Å². The molecule has 0 amide bonds. The molecule has 1 aromatic heterocycles. The molecule has 1 aromatic rings. The highest BCUT2D eigenvalue weighted by atomic mass is 32.2. The van der Waals surface area contributed by atoms with E-state index in [-0.39, 0.29) is 0 Å². The monoisotopic (exact) mass is 248 g/mol. The summed E-state index contributed by atoms with van der Waals surface area (Å²) in [5.41, 5.74) is 0. The molecule has 1 heterocycles.